The van der Waals surface area contributed by atoms with Crippen LogP contribution in [0.1, 0.15) is 12.0 Å². The van der Waals surface area contributed by atoms with Crippen molar-refractivity contribution >= 4 is 11.6 Å². The van der Waals surface area contributed by atoms with Crippen LogP contribution in [-0.4, -0.2) is 20.1 Å². The Bertz CT molecular complexity index is 907. The van der Waals surface area contributed by atoms with Gasteiger partial charge in [-0.1, -0.05) is 48.5 Å². The van der Waals surface area contributed by atoms with Crippen LogP contribution in [0, 0.1) is 0 Å². The van der Waals surface area contributed by atoms with Crippen molar-refractivity contribution in [3.63, 3.8) is 0 Å². The molecule has 0 fully saturated rings. The molecule has 0 aromatic heterocycles. The van der Waals surface area contributed by atoms with Crippen molar-refractivity contribution in [2.45, 2.75) is 12.8 Å². The van der Waals surface area contributed by atoms with E-state index in [0.29, 0.717) is 12.8 Å². The molecule has 0 spiro atoms. The van der Waals surface area contributed by atoms with Crippen molar-refractivity contribution in [3.05, 3.63) is 78.4 Å². The molecule has 1 N–H and O–H groups in total. The Morgan fingerprint density at radius 2 is 1.63 bits per heavy atom. The number of rotatable bonds is 7. The topological polar surface area (TPSA) is 47.6 Å². The first-order valence-corrected chi connectivity index (χ1v) is 8.86. The lowest BCUT2D eigenvalue weighted by atomic mass is 10.0. The Hall–Kier alpha value is -3.27. The molecular formula is C23H23NO3. The SMILES string of the molecule is COc1ccc(OC)c(CCC(=O)Nc2ccccc2-c2ccccc2)c1. The van der Waals surface area contributed by atoms with Gasteiger partial charge in [0, 0.05) is 17.7 Å². The number of hydrogen-bond donors (Lipinski definition) is 1. The lowest BCUT2D eigenvalue weighted by Crippen LogP contribution is -2.13. The molecule has 0 heterocycles. The van der Waals surface area contributed by atoms with Gasteiger partial charge in [0.2, 0.25) is 5.91 Å². The standard InChI is InChI=1S/C23H23NO3/c1-26-19-13-14-22(27-2)18(16-19)12-15-23(25)24-21-11-7-6-10-20(21)17-8-4-3-5-9-17/h3-11,13-14,16H,12,15H2,1-2H3,(H,24,25). The molecule has 27 heavy (non-hydrogen) atoms. The van der Waals surface area contributed by atoms with Crippen LogP contribution >= 0.6 is 0 Å². The summed E-state index contributed by atoms with van der Waals surface area (Å²) in [6.45, 7) is 0. The third kappa shape index (κ3) is 4.67. The number of nitrogens with one attached hydrogen (secondary N) is 1. The molecule has 0 saturated carbocycles. The van der Waals surface area contributed by atoms with Gasteiger partial charge in [-0.2, -0.15) is 0 Å². The number of ether oxygens (including phenoxy) is 2. The Morgan fingerprint density at radius 3 is 2.37 bits per heavy atom. The van der Waals surface area contributed by atoms with Gasteiger partial charge in [0.05, 0.1) is 14.2 Å². The van der Waals surface area contributed by atoms with Gasteiger partial charge in [-0.3, -0.25) is 4.79 Å². The zero-order valence-corrected chi connectivity index (χ0v) is 15.6. The summed E-state index contributed by atoms with van der Waals surface area (Å²) >= 11 is 0. The summed E-state index contributed by atoms with van der Waals surface area (Å²) in [6, 6.07) is 23.5. The number of carbonyl (C=O) groups is 1. The summed E-state index contributed by atoms with van der Waals surface area (Å²) in [7, 11) is 3.25. The molecule has 1 amide bonds. The minimum atomic E-state index is -0.0387. The summed E-state index contributed by atoms with van der Waals surface area (Å²) in [4.78, 5) is 12.5. The van der Waals surface area contributed by atoms with Crippen LogP contribution in [0.2, 0.25) is 0 Å². The van der Waals surface area contributed by atoms with Crippen molar-refractivity contribution in [1.29, 1.82) is 0 Å². The highest BCUT2D eigenvalue weighted by atomic mass is 16.5. The highest BCUT2D eigenvalue weighted by molar-refractivity contribution is 5.95. The molecule has 0 aliphatic carbocycles. The average molecular weight is 361 g/mol. The van der Waals surface area contributed by atoms with Gasteiger partial charge in [0.25, 0.3) is 0 Å². The van der Waals surface area contributed by atoms with Crippen LogP contribution < -0.4 is 14.8 Å². The van der Waals surface area contributed by atoms with Crippen LogP contribution in [-0.2, 0) is 11.2 Å². The molecule has 0 bridgehead atoms. The van der Waals surface area contributed by atoms with E-state index < -0.39 is 0 Å². The summed E-state index contributed by atoms with van der Waals surface area (Å²) < 4.78 is 10.7. The van der Waals surface area contributed by atoms with E-state index >= 15 is 0 Å². The number of methoxy groups -OCH3 is 2. The van der Waals surface area contributed by atoms with Crippen LogP contribution in [0.15, 0.2) is 72.8 Å². The molecule has 138 valence electrons. The number of aryl methyl sites for hydroxylation is 1. The van der Waals surface area contributed by atoms with Gasteiger partial charge in [0.15, 0.2) is 0 Å². The molecule has 0 radical (unpaired) electrons. The molecule has 3 rings (SSSR count). The number of benzene rings is 3. The van der Waals surface area contributed by atoms with E-state index in [2.05, 4.69) is 5.32 Å². The summed E-state index contributed by atoms with van der Waals surface area (Å²) in [5, 5.41) is 3.03. The maximum Gasteiger partial charge on any atom is 0.224 e. The molecule has 0 aliphatic rings. The molecule has 0 saturated heterocycles. The Labute approximate surface area is 159 Å². The van der Waals surface area contributed by atoms with Gasteiger partial charge in [-0.25, -0.2) is 0 Å². The number of para-hydroxylation sites is 1. The largest absolute Gasteiger partial charge is 0.497 e. The molecule has 0 unspecified atom stereocenters. The third-order valence-electron chi connectivity index (χ3n) is 4.39. The highest BCUT2D eigenvalue weighted by Crippen LogP contribution is 2.28. The lowest BCUT2D eigenvalue weighted by Gasteiger charge is -2.13. The minimum absolute atomic E-state index is 0.0387. The first-order chi connectivity index (χ1) is 13.2. The average Bonchev–Trinajstić information content (AvgIpc) is 2.73. The van der Waals surface area contributed by atoms with Crippen molar-refractivity contribution in [3.8, 4) is 22.6 Å². The second-order valence-corrected chi connectivity index (χ2v) is 6.14. The van der Waals surface area contributed by atoms with E-state index in [-0.39, 0.29) is 5.91 Å². The molecule has 3 aromatic carbocycles. The molecule has 3 aromatic rings. The second-order valence-electron chi connectivity index (χ2n) is 6.14. The first-order valence-electron chi connectivity index (χ1n) is 8.86. The van der Waals surface area contributed by atoms with E-state index in [9.17, 15) is 4.79 Å². The van der Waals surface area contributed by atoms with E-state index in [1.165, 1.54) is 0 Å². The highest BCUT2D eigenvalue weighted by Gasteiger charge is 2.11. The van der Waals surface area contributed by atoms with E-state index in [4.69, 9.17) is 9.47 Å². The van der Waals surface area contributed by atoms with Crippen LogP contribution in [0.25, 0.3) is 11.1 Å². The smallest absolute Gasteiger partial charge is 0.224 e. The maximum atomic E-state index is 12.5. The Kier molecular flexibility index (Phi) is 6.10. The molecule has 0 aliphatic heterocycles. The van der Waals surface area contributed by atoms with Gasteiger partial charge >= 0.3 is 0 Å². The van der Waals surface area contributed by atoms with Gasteiger partial charge in [0.1, 0.15) is 11.5 Å². The van der Waals surface area contributed by atoms with Gasteiger partial charge < -0.3 is 14.8 Å². The van der Waals surface area contributed by atoms with Crippen molar-refractivity contribution < 1.29 is 14.3 Å². The number of hydrogen-bond acceptors (Lipinski definition) is 3. The van der Waals surface area contributed by atoms with E-state index in [0.717, 1.165) is 33.9 Å². The summed E-state index contributed by atoms with van der Waals surface area (Å²) in [5.74, 6) is 1.47. The van der Waals surface area contributed by atoms with Crippen LogP contribution in [0.5, 0.6) is 11.5 Å². The van der Waals surface area contributed by atoms with Gasteiger partial charge in [-0.05, 0) is 41.8 Å². The normalized spacial score (nSPS) is 10.3. The number of carbonyl (C=O) groups excluding carboxylic acids is 1. The van der Waals surface area contributed by atoms with E-state index in [1.54, 1.807) is 14.2 Å². The van der Waals surface area contributed by atoms with Crippen LogP contribution in [0.4, 0.5) is 5.69 Å². The minimum Gasteiger partial charge on any atom is -0.497 e. The third-order valence-corrected chi connectivity index (χ3v) is 4.39. The second kappa shape index (κ2) is 8.90. The fraction of sp³-hybridized carbons (Fsp3) is 0.174. The van der Waals surface area contributed by atoms with Gasteiger partial charge in [-0.15, -0.1) is 0 Å². The fourth-order valence-corrected chi connectivity index (χ4v) is 3.00. The number of anilines is 1. The van der Waals surface area contributed by atoms with Crippen molar-refractivity contribution in [2.24, 2.45) is 0 Å². The van der Waals surface area contributed by atoms with Crippen LogP contribution in [0.3, 0.4) is 0 Å². The predicted octanol–water partition coefficient (Wildman–Crippen LogP) is 4.94. The van der Waals surface area contributed by atoms with Crippen molar-refractivity contribution in [1.82, 2.24) is 0 Å². The predicted molar refractivity (Wildman–Crippen MR) is 108 cm³/mol. The Balaban J connectivity index is 1.71. The zero-order valence-electron chi connectivity index (χ0n) is 15.6. The lowest BCUT2D eigenvalue weighted by molar-refractivity contribution is -0.116. The van der Waals surface area contributed by atoms with E-state index in [1.807, 2.05) is 72.8 Å². The molecule has 4 heteroatoms. The zero-order chi connectivity index (χ0) is 19.1. The molecule has 0 atom stereocenters. The first kappa shape index (κ1) is 18.5. The summed E-state index contributed by atoms with van der Waals surface area (Å²) in [6.07, 6.45) is 0.923. The monoisotopic (exact) mass is 361 g/mol. The fourth-order valence-electron chi connectivity index (χ4n) is 3.00. The summed E-state index contributed by atoms with van der Waals surface area (Å²) in [5.41, 5.74) is 3.84. The van der Waals surface area contributed by atoms with Crippen molar-refractivity contribution in [2.75, 3.05) is 19.5 Å². The quantitative estimate of drug-likeness (QED) is 0.648. The molecule has 4 nitrogen and oxygen atoms in total. The molecular weight excluding hydrogens is 338 g/mol. The maximum absolute atomic E-state index is 12.5. The number of amides is 1. The Morgan fingerprint density at radius 1 is 0.889 bits per heavy atom.